The van der Waals surface area contributed by atoms with E-state index in [2.05, 4.69) is 28.6 Å². The molecule has 4 atom stereocenters. The van der Waals surface area contributed by atoms with Crippen LogP contribution in [0.3, 0.4) is 0 Å². The fraction of sp³-hybridized carbons (Fsp3) is 0.667. The van der Waals surface area contributed by atoms with Crippen molar-refractivity contribution in [3.63, 3.8) is 0 Å². The number of aliphatic carboxylic acids is 3. The standard InChI is InChI=1S/C18H31N5O9S/c19-6-2-1-3-11(18(31)32)22-16(29)10(4-5-13(24)25)21-17(30)12(7-14(26)27)23-15(28)9(20)8-33/h9-12,33H,1-8,19-20H2,(H,21,30)(H,22,29)(H,23,28)(H,24,25)(H,26,27)(H,31,32). The van der Waals surface area contributed by atoms with Crippen LogP contribution in [-0.2, 0) is 28.8 Å². The van der Waals surface area contributed by atoms with Crippen LogP contribution in [0.5, 0.6) is 0 Å². The van der Waals surface area contributed by atoms with Crippen molar-refractivity contribution in [3.8, 4) is 0 Å². The van der Waals surface area contributed by atoms with Gasteiger partial charge in [-0.25, -0.2) is 4.79 Å². The second kappa shape index (κ2) is 15.8. The summed E-state index contributed by atoms with van der Waals surface area (Å²) in [7, 11) is 0. The molecule has 0 saturated heterocycles. The Kier molecular flexibility index (Phi) is 14.4. The number of unbranched alkanes of at least 4 members (excludes halogenated alkanes) is 1. The lowest BCUT2D eigenvalue weighted by Gasteiger charge is -2.24. The zero-order valence-corrected chi connectivity index (χ0v) is 18.8. The van der Waals surface area contributed by atoms with E-state index in [0.29, 0.717) is 19.4 Å². The molecule has 0 aromatic rings. The van der Waals surface area contributed by atoms with Crippen molar-refractivity contribution in [2.24, 2.45) is 11.5 Å². The highest BCUT2D eigenvalue weighted by Gasteiger charge is 2.31. The molecule has 4 unspecified atom stereocenters. The summed E-state index contributed by atoms with van der Waals surface area (Å²) in [4.78, 5) is 70.7. The lowest BCUT2D eigenvalue weighted by atomic mass is 10.1. The zero-order chi connectivity index (χ0) is 25.6. The van der Waals surface area contributed by atoms with Crippen LogP contribution < -0.4 is 27.4 Å². The summed E-state index contributed by atoms with van der Waals surface area (Å²) in [5.41, 5.74) is 10.9. The van der Waals surface area contributed by atoms with Gasteiger partial charge in [0.25, 0.3) is 0 Å². The first-order valence-corrected chi connectivity index (χ1v) is 10.7. The summed E-state index contributed by atoms with van der Waals surface area (Å²) in [6.45, 7) is 0.325. The molecule has 0 aliphatic rings. The minimum absolute atomic E-state index is 0.0528. The van der Waals surface area contributed by atoms with Crippen LogP contribution in [0.25, 0.3) is 0 Å². The first-order valence-electron chi connectivity index (χ1n) is 10.1. The molecule has 0 spiro atoms. The lowest BCUT2D eigenvalue weighted by molar-refractivity contribution is -0.143. The van der Waals surface area contributed by atoms with E-state index in [4.69, 9.17) is 21.7 Å². The van der Waals surface area contributed by atoms with Gasteiger partial charge in [-0.3, -0.25) is 24.0 Å². The van der Waals surface area contributed by atoms with Gasteiger partial charge < -0.3 is 42.7 Å². The summed E-state index contributed by atoms with van der Waals surface area (Å²) in [5.74, 6) is -7.06. The number of amides is 3. The maximum atomic E-state index is 12.6. The third kappa shape index (κ3) is 12.6. The third-order valence-corrected chi connectivity index (χ3v) is 4.78. The molecule has 14 nitrogen and oxygen atoms in total. The van der Waals surface area contributed by atoms with Gasteiger partial charge in [0.15, 0.2) is 0 Å². The van der Waals surface area contributed by atoms with Crippen LogP contribution in [0.1, 0.15) is 38.5 Å². The lowest BCUT2D eigenvalue weighted by Crippen LogP contribution is -2.57. The normalized spacial score (nSPS) is 14.3. The van der Waals surface area contributed by atoms with Gasteiger partial charge in [0.2, 0.25) is 17.7 Å². The molecule has 15 heteroatoms. The molecule has 3 amide bonds. The van der Waals surface area contributed by atoms with Crippen molar-refractivity contribution < 1.29 is 44.1 Å². The molecular weight excluding hydrogens is 462 g/mol. The van der Waals surface area contributed by atoms with E-state index in [0.717, 1.165) is 0 Å². The van der Waals surface area contributed by atoms with E-state index in [9.17, 15) is 33.9 Å². The van der Waals surface area contributed by atoms with Crippen LogP contribution in [0.2, 0.25) is 0 Å². The number of hydrogen-bond donors (Lipinski definition) is 9. The molecule has 0 fully saturated rings. The van der Waals surface area contributed by atoms with Gasteiger partial charge in [-0.05, 0) is 32.2 Å². The van der Waals surface area contributed by atoms with Gasteiger partial charge in [0, 0.05) is 12.2 Å². The quantitative estimate of drug-likeness (QED) is 0.0741. The van der Waals surface area contributed by atoms with Gasteiger partial charge in [0.05, 0.1) is 12.5 Å². The van der Waals surface area contributed by atoms with E-state index >= 15 is 0 Å². The SMILES string of the molecule is NCCCCC(NC(=O)C(CCC(=O)O)NC(=O)C(CC(=O)O)NC(=O)C(N)CS)C(=O)O. The number of carboxylic acid groups (broad SMARTS) is 3. The van der Waals surface area contributed by atoms with Crippen molar-refractivity contribution >= 4 is 48.3 Å². The van der Waals surface area contributed by atoms with Gasteiger partial charge >= 0.3 is 17.9 Å². The van der Waals surface area contributed by atoms with Gasteiger partial charge in [0.1, 0.15) is 18.1 Å². The minimum Gasteiger partial charge on any atom is -0.481 e. The molecule has 188 valence electrons. The molecular formula is C18H31N5O9S. The molecule has 0 aromatic heterocycles. The Labute approximate surface area is 195 Å². The number of nitrogens with one attached hydrogen (secondary N) is 3. The van der Waals surface area contributed by atoms with E-state index in [1.807, 2.05) is 0 Å². The highest BCUT2D eigenvalue weighted by Crippen LogP contribution is 2.05. The second-order valence-corrected chi connectivity index (χ2v) is 7.49. The monoisotopic (exact) mass is 493 g/mol. The Morgan fingerprint density at radius 1 is 0.758 bits per heavy atom. The highest BCUT2D eigenvalue weighted by molar-refractivity contribution is 7.80. The highest BCUT2D eigenvalue weighted by atomic mass is 32.1. The van der Waals surface area contributed by atoms with Crippen molar-refractivity contribution in [2.45, 2.75) is 62.7 Å². The predicted molar refractivity (Wildman–Crippen MR) is 117 cm³/mol. The molecule has 0 aliphatic heterocycles. The molecule has 0 rings (SSSR count). The van der Waals surface area contributed by atoms with Crippen molar-refractivity contribution in [2.75, 3.05) is 12.3 Å². The topological polar surface area (TPSA) is 251 Å². The van der Waals surface area contributed by atoms with E-state index in [-0.39, 0.29) is 12.2 Å². The summed E-state index contributed by atoms with van der Waals surface area (Å²) in [6, 6.07) is -5.57. The van der Waals surface area contributed by atoms with Gasteiger partial charge in [-0.15, -0.1) is 0 Å². The van der Waals surface area contributed by atoms with Crippen molar-refractivity contribution in [1.82, 2.24) is 16.0 Å². The fourth-order valence-corrected chi connectivity index (χ4v) is 2.74. The molecule has 0 saturated carbocycles. The Morgan fingerprint density at radius 2 is 1.30 bits per heavy atom. The number of thiol groups is 1. The van der Waals surface area contributed by atoms with Crippen LogP contribution in [-0.4, -0.2) is 87.4 Å². The second-order valence-electron chi connectivity index (χ2n) is 7.13. The van der Waals surface area contributed by atoms with Gasteiger partial charge in [-0.1, -0.05) is 0 Å². The van der Waals surface area contributed by atoms with Crippen LogP contribution in [0, 0.1) is 0 Å². The summed E-state index contributed by atoms with van der Waals surface area (Å²) in [6.07, 6.45) is -0.838. The van der Waals surface area contributed by atoms with Crippen LogP contribution >= 0.6 is 12.6 Å². The van der Waals surface area contributed by atoms with Crippen molar-refractivity contribution in [3.05, 3.63) is 0 Å². The molecule has 0 heterocycles. The van der Waals surface area contributed by atoms with Crippen LogP contribution in [0.4, 0.5) is 0 Å². The fourth-order valence-electron chi connectivity index (χ4n) is 2.58. The molecule has 0 aromatic carbocycles. The number of carboxylic acids is 3. The molecule has 33 heavy (non-hydrogen) atoms. The first-order chi connectivity index (χ1) is 15.4. The molecule has 0 bridgehead atoms. The number of carbonyl (C=O) groups excluding carboxylic acids is 3. The van der Waals surface area contributed by atoms with Gasteiger partial charge in [-0.2, -0.15) is 12.6 Å². The van der Waals surface area contributed by atoms with E-state index in [1.54, 1.807) is 0 Å². The summed E-state index contributed by atoms with van der Waals surface area (Å²) >= 11 is 3.84. The number of carbonyl (C=O) groups is 6. The number of nitrogens with two attached hydrogens (primary N) is 2. The number of rotatable bonds is 17. The zero-order valence-electron chi connectivity index (χ0n) is 17.9. The molecule has 0 aliphatic carbocycles. The Morgan fingerprint density at radius 3 is 1.79 bits per heavy atom. The predicted octanol–water partition coefficient (Wildman–Crippen LogP) is -2.75. The Balaban J connectivity index is 5.50. The maximum Gasteiger partial charge on any atom is 0.326 e. The largest absolute Gasteiger partial charge is 0.481 e. The first kappa shape index (κ1) is 30.1. The average molecular weight is 494 g/mol. The summed E-state index contributed by atoms with van der Waals surface area (Å²) in [5, 5.41) is 33.8. The third-order valence-electron chi connectivity index (χ3n) is 4.39. The van der Waals surface area contributed by atoms with Crippen LogP contribution in [0.15, 0.2) is 0 Å². The molecule has 0 radical (unpaired) electrons. The van der Waals surface area contributed by atoms with E-state index < -0.39 is 79.1 Å². The number of hydrogen-bond acceptors (Lipinski definition) is 9. The van der Waals surface area contributed by atoms with E-state index in [1.165, 1.54) is 0 Å². The Hall–Kier alpha value is -2.91. The Bertz CT molecular complexity index is 721. The maximum absolute atomic E-state index is 12.6. The molecule has 10 N–H and O–H groups in total. The summed E-state index contributed by atoms with van der Waals surface area (Å²) < 4.78 is 0. The van der Waals surface area contributed by atoms with Crippen molar-refractivity contribution in [1.29, 1.82) is 0 Å². The average Bonchev–Trinajstić information content (AvgIpc) is 2.73. The minimum atomic E-state index is -1.62. The smallest absolute Gasteiger partial charge is 0.326 e.